The lowest BCUT2D eigenvalue weighted by molar-refractivity contribution is -0.141. The molecule has 6 nitrogen and oxygen atoms in total. The SMILES string of the molecule is CC(C)(C)Oc1ccc(C[C@@H](CNC(=O)OCC2c3ccccc3-c3ccccc32)C(=O)O)cc1. The van der Waals surface area contributed by atoms with Crippen molar-refractivity contribution in [1.29, 1.82) is 0 Å². The highest BCUT2D eigenvalue weighted by Crippen LogP contribution is 2.44. The van der Waals surface area contributed by atoms with E-state index in [1.165, 1.54) is 0 Å². The number of fused-ring (bicyclic) bond motifs is 3. The number of aliphatic carboxylic acids is 1. The summed E-state index contributed by atoms with van der Waals surface area (Å²) in [7, 11) is 0. The number of hydrogen-bond acceptors (Lipinski definition) is 4. The van der Waals surface area contributed by atoms with Crippen molar-refractivity contribution in [3.05, 3.63) is 89.5 Å². The van der Waals surface area contributed by atoms with E-state index < -0.39 is 18.0 Å². The van der Waals surface area contributed by atoms with Crippen LogP contribution in [-0.2, 0) is 16.0 Å². The first-order chi connectivity index (χ1) is 16.7. The fourth-order valence-corrected chi connectivity index (χ4v) is 4.43. The first-order valence-electron chi connectivity index (χ1n) is 11.8. The molecular formula is C29H31NO5. The van der Waals surface area contributed by atoms with Gasteiger partial charge in [-0.1, -0.05) is 60.7 Å². The van der Waals surface area contributed by atoms with Crippen LogP contribution in [0.4, 0.5) is 4.79 Å². The molecule has 0 spiro atoms. The largest absolute Gasteiger partial charge is 0.488 e. The topological polar surface area (TPSA) is 84.9 Å². The molecule has 3 aromatic carbocycles. The number of benzene rings is 3. The molecule has 0 radical (unpaired) electrons. The van der Waals surface area contributed by atoms with Gasteiger partial charge in [-0.2, -0.15) is 0 Å². The Morgan fingerprint density at radius 3 is 2.03 bits per heavy atom. The van der Waals surface area contributed by atoms with Crippen molar-refractivity contribution >= 4 is 12.1 Å². The van der Waals surface area contributed by atoms with Gasteiger partial charge in [0.2, 0.25) is 0 Å². The molecule has 0 heterocycles. The number of ether oxygens (including phenoxy) is 2. The number of carbonyl (C=O) groups is 2. The van der Waals surface area contributed by atoms with Gasteiger partial charge < -0.3 is 19.9 Å². The Balaban J connectivity index is 1.32. The Hall–Kier alpha value is -3.80. The number of nitrogens with one attached hydrogen (secondary N) is 1. The number of alkyl carbamates (subject to hydrolysis) is 1. The third kappa shape index (κ3) is 6.01. The highest BCUT2D eigenvalue weighted by atomic mass is 16.5. The summed E-state index contributed by atoms with van der Waals surface area (Å²) in [6.45, 7) is 6.07. The van der Waals surface area contributed by atoms with Crippen molar-refractivity contribution in [3.8, 4) is 16.9 Å². The smallest absolute Gasteiger partial charge is 0.407 e. The van der Waals surface area contributed by atoms with Gasteiger partial charge >= 0.3 is 12.1 Å². The molecule has 1 amide bonds. The number of carbonyl (C=O) groups excluding carboxylic acids is 1. The fraction of sp³-hybridized carbons (Fsp3) is 0.310. The van der Waals surface area contributed by atoms with E-state index in [2.05, 4.69) is 29.6 Å². The molecule has 0 unspecified atom stereocenters. The van der Waals surface area contributed by atoms with Crippen LogP contribution in [0.25, 0.3) is 11.1 Å². The minimum Gasteiger partial charge on any atom is -0.488 e. The lowest BCUT2D eigenvalue weighted by Gasteiger charge is -2.21. The number of rotatable bonds is 8. The van der Waals surface area contributed by atoms with Crippen LogP contribution < -0.4 is 10.1 Å². The Morgan fingerprint density at radius 2 is 1.49 bits per heavy atom. The average Bonchev–Trinajstić information content (AvgIpc) is 3.14. The van der Waals surface area contributed by atoms with Crippen molar-refractivity contribution in [2.45, 2.75) is 38.7 Å². The zero-order valence-corrected chi connectivity index (χ0v) is 20.3. The number of carboxylic acids is 1. The lowest BCUT2D eigenvalue weighted by Crippen LogP contribution is -2.35. The minimum atomic E-state index is -0.973. The molecule has 182 valence electrons. The molecule has 1 atom stereocenters. The number of amides is 1. The maximum atomic E-state index is 12.4. The van der Waals surface area contributed by atoms with E-state index in [4.69, 9.17) is 9.47 Å². The Bertz CT molecular complexity index is 1150. The van der Waals surface area contributed by atoms with Crippen LogP contribution in [-0.4, -0.2) is 35.9 Å². The predicted molar refractivity (Wildman–Crippen MR) is 135 cm³/mol. The second kappa shape index (κ2) is 10.2. The molecule has 0 saturated carbocycles. The van der Waals surface area contributed by atoms with Crippen LogP contribution in [0.3, 0.4) is 0 Å². The molecule has 2 N–H and O–H groups in total. The third-order valence-corrected chi connectivity index (χ3v) is 6.02. The molecule has 0 aromatic heterocycles. The van der Waals surface area contributed by atoms with Gasteiger partial charge in [0, 0.05) is 12.5 Å². The standard InChI is InChI=1S/C29H31NO5/c1-29(2,3)35-21-14-12-19(13-15-21)16-20(27(31)32)17-30-28(33)34-18-26-24-10-6-4-8-22(24)23-9-5-7-11-25(23)26/h4-15,20,26H,16-18H2,1-3H3,(H,30,33)(H,31,32)/t20-/m0/s1. The van der Waals surface area contributed by atoms with Crippen LogP contribution >= 0.6 is 0 Å². The molecular weight excluding hydrogens is 442 g/mol. The van der Waals surface area contributed by atoms with Crippen molar-refractivity contribution in [2.24, 2.45) is 5.92 Å². The molecule has 0 aliphatic heterocycles. The van der Waals surface area contributed by atoms with Crippen LogP contribution in [0, 0.1) is 5.92 Å². The van der Waals surface area contributed by atoms with E-state index in [-0.39, 0.29) is 31.1 Å². The predicted octanol–water partition coefficient (Wildman–Crippen LogP) is 5.65. The van der Waals surface area contributed by atoms with Gasteiger partial charge in [0.25, 0.3) is 0 Å². The van der Waals surface area contributed by atoms with Crippen molar-refractivity contribution in [1.82, 2.24) is 5.32 Å². The van der Waals surface area contributed by atoms with Crippen LogP contribution in [0.15, 0.2) is 72.8 Å². The first kappa shape index (κ1) is 24.3. The Labute approximate surface area is 205 Å². The van der Waals surface area contributed by atoms with Crippen LogP contribution in [0.1, 0.15) is 43.4 Å². The summed E-state index contributed by atoms with van der Waals surface area (Å²) in [5.41, 5.74) is 5.11. The number of carboxylic acid groups (broad SMARTS) is 1. The second-order valence-corrected chi connectivity index (χ2v) is 9.80. The molecule has 0 saturated heterocycles. The van der Waals surface area contributed by atoms with Gasteiger partial charge in [0.15, 0.2) is 0 Å². The van der Waals surface area contributed by atoms with Crippen molar-refractivity contribution in [3.63, 3.8) is 0 Å². The minimum absolute atomic E-state index is 0.0216. The quantitative estimate of drug-likeness (QED) is 0.442. The molecule has 6 heteroatoms. The van der Waals surface area contributed by atoms with Gasteiger partial charge in [0.1, 0.15) is 18.0 Å². The van der Waals surface area contributed by atoms with Crippen molar-refractivity contribution < 1.29 is 24.2 Å². The second-order valence-electron chi connectivity index (χ2n) is 9.80. The summed E-state index contributed by atoms with van der Waals surface area (Å²) in [6, 6.07) is 23.6. The summed E-state index contributed by atoms with van der Waals surface area (Å²) < 4.78 is 11.3. The molecule has 3 aromatic rings. The summed E-state index contributed by atoms with van der Waals surface area (Å²) in [6.07, 6.45) is -0.332. The molecule has 0 bridgehead atoms. The number of hydrogen-bond donors (Lipinski definition) is 2. The van der Waals surface area contributed by atoms with E-state index in [0.29, 0.717) is 0 Å². The van der Waals surface area contributed by atoms with E-state index in [1.54, 1.807) is 0 Å². The zero-order chi connectivity index (χ0) is 25.0. The maximum Gasteiger partial charge on any atom is 0.407 e. The van der Waals surface area contributed by atoms with Gasteiger partial charge in [0.05, 0.1) is 5.92 Å². The van der Waals surface area contributed by atoms with Crippen molar-refractivity contribution in [2.75, 3.05) is 13.2 Å². The molecule has 0 fully saturated rings. The van der Waals surface area contributed by atoms with E-state index in [0.717, 1.165) is 33.6 Å². The molecule has 1 aliphatic carbocycles. The van der Waals surface area contributed by atoms with Gasteiger partial charge in [-0.15, -0.1) is 0 Å². The molecule has 35 heavy (non-hydrogen) atoms. The highest BCUT2D eigenvalue weighted by molar-refractivity contribution is 5.79. The monoisotopic (exact) mass is 473 g/mol. The van der Waals surface area contributed by atoms with Gasteiger partial charge in [-0.05, 0) is 67.1 Å². The van der Waals surface area contributed by atoms with E-state index in [9.17, 15) is 14.7 Å². The average molecular weight is 474 g/mol. The normalized spacial score (nSPS) is 13.5. The van der Waals surface area contributed by atoms with Gasteiger partial charge in [-0.3, -0.25) is 4.79 Å². The Morgan fingerprint density at radius 1 is 0.914 bits per heavy atom. The lowest BCUT2D eigenvalue weighted by atomic mass is 9.98. The van der Waals surface area contributed by atoms with E-state index in [1.807, 2.05) is 69.3 Å². The first-order valence-corrected chi connectivity index (χ1v) is 11.8. The molecule has 4 rings (SSSR count). The van der Waals surface area contributed by atoms with Crippen LogP contribution in [0.5, 0.6) is 5.75 Å². The fourth-order valence-electron chi connectivity index (χ4n) is 4.43. The Kier molecular flexibility index (Phi) is 7.10. The highest BCUT2D eigenvalue weighted by Gasteiger charge is 2.29. The van der Waals surface area contributed by atoms with Gasteiger partial charge in [-0.25, -0.2) is 4.79 Å². The molecule has 1 aliphatic rings. The third-order valence-electron chi connectivity index (χ3n) is 6.02. The van der Waals surface area contributed by atoms with Crippen LogP contribution in [0.2, 0.25) is 0 Å². The summed E-state index contributed by atoms with van der Waals surface area (Å²) in [4.78, 5) is 24.2. The summed E-state index contributed by atoms with van der Waals surface area (Å²) >= 11 is 0. The maximum absolute atomic E-state index is 12.4. The zero-order valence-electron chi connectivity index (χ0n) is 20.3. The summed E-state index contributed by atoms with van der Waals surface area (Å²) in [5, 5.41) is 12.3. The van der Waals surface area contributed by atoms with E-state index >= 15 is 0 Å². The summed E-state index contributed by atoms with van der Waals surface area (Å²) in [5.74, 6) is -1.06.